The van der Waals surface area contributed by atoms with E-state index in [1.807, 2.05) is 43.4 Å². The average molecular weight is 324 g/mol. The third kappa shape index (κ3) is 3.12. The maximum atomic E-state index is 14.6. The van der Waals surface area contributed by atoms with E-state index in [2.05, 4.69) is 20.8 Å². The molecule has 0 aliphatic heterocycles. The summed E-state index contributed by atoms with van der Waals surface area (Å²) < 4.78 is 35.1. The molecule has 0 saturated carbocycles. The molecular weight excluding hydrogens is 298 g/mol. The highest BCUT2D eigenvalue weighted by Gasteiger charge is 2.51. The molecule has 2 rings (SSSR count). The smallest absolute Gasteiger partial charge is 0.303 e. The van der Waals surface area contributed by atoms with E-state index in [0.29, 0.717) is 5.57 Å². The molecule has 0 saturated heterocycles. The summed E-state index contributed by atoms with van der Waals surface area (Å²) >= 11 is 0. The monoisotopic (exact) mass is 324 g/mol. The van der Waals surface area contributed by atoms with Gasteiger partial charge in [-0.15, -0.1) is 0 Å². The van der Waals surface area contributed by atoms with Gasteiger partial charge in [0.25, 0.3) is 0 Å². The summed E-state index contributed by atoms with van der Waals surface area (Å²) in [5, 5.41) is -0.0960. The normalized spacial score (nSPS) is 22.1. The van der Waals surface area contributed by atoms with Gasteiger partial charge in [0, 0.05) is 12.3 Å². The molecule has 0 radical (unpaired) electrons. The Morgan fingerprint density at radius 1 is 1.14 bits per heavy atom. The molecule has 1 atom stereocenters. The second-order valence-corrected chi connectivity index (χ2v) is 12.5. The molecule has 22 heavy (non-hydrogen) atoms. The van der Waals surface area contributed by atoms with Crippen molar-refractivity contribution in [2.75, 3.05) is 0 Å². The number of hydrogen-bond acceptors (Lipinski definition) is 1. The van der Waals surface area contributed by atoms with E-state index in [1.54, 1.807) is 6.92 Å². The van der Waals surface area contributed by atoms with Crippen LogP contribution in [0.15, 0.2) is 41.7 Å². The molecular formula is C18H26F2OSi. The maximum absolute atomic E-state index is 14.6. The van der Waals surface area contributed by atoms with E-state index in [-0.39, 0.29) is 23.1 Å². The summed E-state index contributed by atoms with van der Waals surface area (Å²) in [6, 6.07) is 9.53. The van der Waals surface area contributed by atoms with Crippen molar-refractivity contribution < 1.29 is 13.2 Å². The van der Waals surface area contributed by atoms with E-state index < -0.39 is 14.2 Å². The quantitative estimate of drug-likeness (QED) is 0.610. The lowest BCUT2D eigenvalue weighted by atomic mass is 9.93. The van der Waals surface area contributed by atoms with Gasteiger partial charge in [-0.05, 0) is 36.2 Å². The van der Waals surface area contributed by atoms with Gasteiger partial charge in [0.05, 0.1) is 0 Å². The summed E-state index contributed by atoms with van der Waals surface area (Å²) in [6.07, 6.45) is -0.188. The molecule has 0 amide bonds. The Kier molecular flexibility index (Phi) is 4.28. The summed E-state index contributed by atoms with van der Waals surface area (Å²) in [4.78, 5) is 0. The van der Waals surface area contributed by atoms with Crippen LogP contribution in [0.25, 0.3) is 0 Å². The fraction of sp³-hybridized carbons (Fsp3) is 0.556. The van der Waals surface area contributed by atoms with E-state index in [1.165, 1.54) is 0 Å². The van der Waals surface area contributed by atoms with Crippen LogP contribution in [-0.4, -0.2) is 14.2 Å². The Bertz CT molecular complexity index is 570. The fourth-order valence-electron chi connectivity index (χ4n) is 2.57. The SMILES string of the molecule is CC1=C(O[Si](C)(C)C(C)(C)C)C(F)(F)CC1c1ccccc1. The number of alkyl halides is 2. The Morgan fingerprint density at radius 3 is 2.18 bits per heavy atom. The van der Waals surface area contributed by atoms with Gasteiger partial charge < -0.3 is 4.43 Å². The van der Waals surface area contributed by atoms with Crippen LogP contribution >= 0.6 is 0 Å². The molecule has 1 aromatic rings. The first-order valence-corrected chi connectivity index (χ1v) is 10.7. The van der Waals surface area contributed by atoms with Crippen LogP contribution in [0.4, 0.5) is 8.78 Å². The Labute approximate surface area is 133 Å². The molecule has 0 bridgehead atoms. The largest absolute Gasteiger partial charge is 0.542 e. The van der Waals surface area contributed by atoms with E-state index in [4.69, 9.17) is 4.43 Å². The van der Waals surface area contributed by atoms with E-state index >= 15 is 0 Å². The first-order valence-electron chi connectivity index (χ1n) is 7.79. The van der Waals surface area contributed by atoms with Crippen LogP contribution in [0.5, 0.6) is 0 Å². The van der Waals surface area contributed by atoms with Gasteiger partial charge in [-0.3, -0.25) is 0 Å². The van der Waals surface area contributed by atoms with Crippen molar-refractivity contribution in [2.24, 2.45) is 0 Å². The summed E-state index contributed by atoms with van der Waals surface area (Å²) in [5.74, 6) is -3.20. The molecule has 1 aromatic carbocycles. The zero-order chi connectivity index (χ0) is 16.8. The number of hydrogen-bond donors (Lipinski definition) is 0. The minimum Gasteiger partial charge on any atom is -0.542 e. The Hall–Kier alpha value is -1.16. The van der Waals surface area contributed by atoms with Gasteiger partial charge in [-0.25, -0.2) is 0 Å². The van der Waals surface area contributed by atoms with Crippen molar-refractivity contribution in [1.82, 2.24) is 0 Å². The lowest BCUT2D eigenvalue weighted by molar-refractivity contribution is 0.00431. The summed E-state index contributed by atoms with van der Waals surface area (Å²) in [6.45, 7) is 12.0. The molecule has 0 spiro atoms. The molecule has 1 aliphatic carbocycles. The molecule has 1 nitrogen and oxygen atoms in total. The summed E-state index contributed by atoms with van der Waals surface area (Å²) in [7, 11) is -2.27. The maximum Gasteiger partial charge on any atom is 0.303 e. The molecule has 4 heteroatoms. The van der Waals surface area contributed by atoms with Gasteiger partial charge in [0.1, 0.15) is 5.76 Å². The van der Waals surface area contributed by atoms with Crippen molar-refractivity contribution >= 4 is 8.32 Å². The van der Waals surface area contributed by atoms with E-state index in [9.17, 15) is 8.78 Å². The van der Waals surface area contributed by atoms with Crippen LogP contribution in [0.3, 0.4) is 0 Å². The van der Waals surface area contributed by atoms with Crippen molar-refractivity contribution in [2.45, 2.75) is 64.1 Å². The van der Waals surface area contributed by atoms with Crippen molar-refractivity contribution in [1.29, 1.82) is 0 Å². The highest BCUT2D eigenvalue weighted by atomic mass is 28.4. The van der Waals surface area contributed by atoms with Gasteiger partial charge in [-0.1, -0.05) is 51.1 Å². The van der Waals surface area contributed by atoms with E-state index in [0.717, 1.165) is 5.56 Å². The zero-order valence-corrected chi connectivity index (χ0v) is 15.3. The average Bonchev–Trinajstić information content (AvgIpc) is 2.62. The minimum atomic E-state index is -2.87. The van der Waals surface area contributed by atoms with Crippen molar-refractivity contribution in [3.05, 3.63) is 47.2 Å². The number of allylic oxidation sites excluding steroid dienone is 2. The Morgan fingerprint density at radius 2 is 1.68 bits per heavy atom. The molecule has 1 aliphatic rings. The molecule has 0 N–H and O–H groups in total. The third-order valence-electron chi connectivity index (χ3n) is 5.04. The Balaban J connectivity index is 2.38. The molecule has 0 heterocycles. The first-order chi connectivity index (χ1) is 9.96. The summed E-state index contributed by atoms with van der Waals surface area (Å²) in [5.41, 5.74) is 1.62. The molecule has 0 fully saturated rings. The van der Waals surface area contributed by atoms with Gasteiger partial charge in [0.15, 0.2) is 0 Å². The first kappa shape index (κ1) is 17.2. The number of benzene rings is 1. The standard InChI is InChI=1S/C18H26F2OSi/c1-13-15(14-10-8-7-9-11-14)12-18(19,20)16(13)21-22(5,6)17(2,3)4/h7-11,15H,12H2,1-6H3. The number of rotatable bonds is 3. The van der Waals surface area contributed by atoms with Crippen LogP contribution < -0.4 is 0 Å². The number of halogens is 2. The van der Waals surface area contributed by atoms with Gasteiger partial charge >= 0.3 is 5.92 Å². The predicted molar refractivity (Wildman–Crippen MR) is 89.7 cm³/mol. The van der Waals surface area contributed by atoms with Crippen LogP contribution in [0.1, 0.15) is 45.6 Å². The van der Waals surface area contributed by atoms with Crippen molar-refractivity contribution in [3.63, 3.8) is 0 Å². The predicted octanol–water partition coefficient (Wildman–Crippen LogP) is 6.11. The third-order valence-corrected chi connectivity index (χ3v) is 9.37. The highest BCUT2D eigenvalue weighted by molar-refractivity contribution is 6.74. The second kappa shape index (κ2) is 5.48. The highest BCUT2D eigenvalue weighted by Crippen LogP contribution is 2.51. The lowest BCUT2D eigenvalue weighted by Crippen LogP contribution is -2.42. The minimum absolute atomic E-state index is 0.0760. The van der Waals surface area contributed by atoms with Crippen molar-refractivity contribution in [3.8, 4) is 0 Å². The van der Waals surface area contributed by atoms with Crippen LogP contribution in [-0.2, 0) is 4.43 Å². The van der Waals surface area contributed by atoms with Gasteiger partial charge in [-0.2, -0.15) is 8.78 Å². The van der Waals surface area contributed by atoms with Crippen LogP contribution in [0, 0.1) is 0 Å². The van der Waals surface area contributed by atoms with Gasteiger partial charge in [0.2, 0.25) is 8.32 Å². The van der Waals surface area contributed by atoms with Crippen LogP contribution in [0.2, 0.25) is 18.1 Å². The molecule has 122 valence electrons. The topological polar surface area (TPSA) is 9.23 Å². The zero-order valence-electron chi connectivity index (χ0n) is 14.3. The molecule has 1 unspecified atom stereocenters. The fourth-order valence-corrected chi connectivity index (χ4v) is 3.69. The molecule has 0 aromatic heterocycles. The lowest BCUT2D eigenvalue weighted by Gasteiger charge is -2.38. The second-order valence-electron chi connectivity index (χ2n) is 7.75.